The standard InChI is InChI=1S/C34H32FN3O5/c1-3-38(4-2)27-16-28-25(29-30(43-28)23-11-10-22(35)14-26(23)36-33(29)41)15-24(27)18-6-5-7-20(12-18)32(40)37-31-19-8-9-21(13-19)34(31,42)17-39/h5-7,10-12,14-17,19,21,31,42H,3-4,8-9,13H2,1-2H3,(H,36,41)(H,37,40)/t19?,21?,31-,34-/m0/s1. The molecule has 0 radical (unpaired) electrons. The molecule has 2 aliphatic carbocycles. The Balaban J connectivity index is 1.35. The number of benzene rings is 3. The lowest BCUT2D eigenvalue weighted by Crippen LogP contribution is -2.57. The number of H-pyrrole nitrogens is 1. The first-order valence-corrected chi connectivity index (χ1v) is 14.8. The Bertz CT molecular complexity index is 1990. The molecule has 3 aromatic carbocycles. The topological polar surface area (TPSA) is 116 Å². The van der Waals surface area contributed by atoms with Gasteiger partial charge in [-0.15, -0.1) is 0 Å². The van der Waals surface area contributed by atoms with Crippen molar-refractivity contribution >= 4 is 50.7 Å². The van der Waals surface area contributed by atoms with Crippen molar-refractivity contribution in [3.63, 3.8) is 0 Å². The zero-order chi connectivity index (χ0) is 30.0. The SMILES string of the molecule is CCN(CC)c1cc2oc3c4ccc(F)cc4[nH]c(=O)c3c2cc1-c1cccc(C(=O)N[C@H]2C3CCC(C3)[C@@]2(O)C=O)c1. The molecule has 43 heavy (non-hydrogen) atoms. The van der Waals surface area contributed by atoms with E-state index in [4.69, 9.17) is 4.42 Å². The van der Waals surface area contributed by atoms with Crippen LogP contribution in [0.4, 0.5) is 10.1 Å². The Kier molecular flexibility index (Phi) is 6.39. The molecule has 2 aliphatic rings. The summed E-state index contributed by atoms with van der Waals surface area (Å²) in [6, 6.07) is 14.6. The quantitative estimate of drug-likeness (QED) is 0.218. The van der Waals surface area contributed by atoms with Crippen molar-refractivity contribution in [2.24, 2.45) is 11.8 Å². The maximum Gasteiger partial charge on any atom is 0.260 e. The van der Waals surface area contributed by atoms with Crippen molar-refractivity contribution in [3.8, 4) is 11.1 Å². The number of carbonyl (C=O) groups excluding carboxylic acids is 2. The molecule has 2 fully saturated rings. The lowest BCUT2D eigenvalue weighted by Gasteiger charge is -2.35. The highest BCUT2D eigenvalue weighted by Gasteiger charge is 2.58. The van der Waals surface area contributed by atoms with Gasteiger partial charge in [-0.05, 0) is 86.9 Å². The van der Waals surface area contributed by atoms with Gasteiger partial charge in [0, 0.05) is 46.7 Å². The Hall–Kier alpha value is -4.50. The lowest BCUT2D eigenvalue weighted by molar-refractivity contribution is -0.131. The summed E-state index contributed by atoms with van der Waals surface area (Å²) in [6.07, 6.45) is 2.99. The number of carbonyl (C=O) groups is 2. The number of amides is 1. The van der Waals surface area contributed by atoms with Crippen LogP contribution < -0.4 is 15.8 Å². The number of rotatable bonds is 7. The van der Waals surface area contributed by atoms with Crippen LogP contribution in [0.2, 0.25) is 0 Å². The van der Waals surface area contributed by atoms with Gasteiger partial charge in [0.2, 0.25) is 0 Å². The smallest absolute Gasteiger partial charge is 0.260 e. The minimum atomic E-state index is -1.54. The molecule has 7 rings (SSSR count). The van der Waals surface area contributed by atoms with E-state index in [0.717, 1.165) is 36.1 Å². The van der Waals surface area contributed by atoms with Gasteiger partial charge in [-0.1, -0.05) is 12.1 Å². The van der Waals surface area contributed by atoms with Crippen LogP contribution in [0.15, 0.2) is 63.8 Å². The second-order valence-electron chi connectivity index (χ2n) is 11.8. The van der Waals surface area contributed by atoms with Gasteiger partial charge in [-0.3, -0.25) is 9.59 Å². The summed E-state index contributed by atoms with van der Waals surface area (Å²) in [5, 5.41) is 15.6. The maximum atomic E-state index is 13.9. The number of aldehydes is 1. The molecule has 4 atom stereocenters. The molecule has 5 aromatic rings. The third kappa shape index (κ3) is 4.17. The van der Waals surface area contributed by atoms with Crippen LogP contribution in [0.5, 0.6) is 0 Å². The Morgan fingerprint density at radius 2 is 1.95 bits per heavy atom. The number of aromatic amines is 1. The van der Waals surface area contributed by atoms with E-state index >= 15 is 0 Å². The van der Waals surface area contributed by atoms with Crippen LogP contribution in [0.1, 0.15) is 43.5 Å². The van der Waals surface area contributed by atoms with Gasteiger partial charge < -0.3 is 29.5 Å². The van der Waals surface area contributed by atoms with E-state index in [1.165, 1.54) is 12.1 Å². The largest absolute Gasteiger partial charge is 0.455 e. The summed E-state index contributed by atoms with van der Waals surface area (Å²) in [6.45, 7) is 5.53. The van der Waals surface area contributed by atoms with Gasteiger partial charge in [0.15, 0.2) is 6.29 Å². The average molecular weight is 582 g/mol. The molecule has 2 heterocycles. The van der Waals surface area contributed by atoms with Crippen LogP contribution in [0.25, 0.3) is 44.0 Å². The predicted octanol–water partition coefficient (Wildman–Crippen LogP) is 5.54. The molecule has 220 valence electrons. The Morgan fingerprint density at radius 1 is 1.14 bits per heavy atom. The molecular formula is C34H32FN3O5. The molecule has 2 unspecified atom stereocenters. The fraction of sp³-hybridized carbons (Fsp3) is 0.324. The second-order valence-corrected chi connectivity index (χ2v) is 11.8. The summed E-state index contributed by atoms with van der Waals surface area (Å²) < 4.78 is 20.2. The van der Waals surface area contributed by atoms with E-state index in [-0.39, 0.29) is 23.3 Å². The number of nitrogens with one attached hydrogen (secondary N) is 2. The van der Waals surface area contributed by atoms with Gasteiger partial charge in [0.05, 0.1) is 16.9 Å². The van der Waals surface area contributed by atoms with Gasteiger partial charge in [-0.2, -0.15) is 0 Å². The minimum absolute atomic E-state index is 0.0732. The van der Waals surface area contributed by atoms with E-state index < -0.39 is 17.5 Å². The van der Waals surface area contributed by atoms with E-state index in [0.29, 0.717) is 57.8 Å². The molecule has 9 heteroatoms. The highest BCUT2D eigenvalue weighted by molar-refractivity contribution is 6.15. The Labute approximate surface area is 246 Å². The van der Waals surface area contributed by atoms with Crippen molar-refractivity contribution in [3.05, 3.63) is 76.3 Å². The molecule has 2 aromatic heterocycles. The van der Waals surface area contributed by atoms with Crippen LogP contribution in [-0.4, -0.2) is 47.0 Å². The zero-order valence-corrected chi connectivity index (χ0v) is 23.9. The molecule has 8 nitrogen and oxygen atoms in total. The monoisotopic (exact) mass is 581 g/mol. The maximum absolute atomic E-state index is 13.9. The first-order valence-electron chi connectivity index (χ1n) is 14.8. The molecule has 2 bridgehead atoms. The second kappa shape index (κ2) is 10.1. The number of anilines is 1. The van der Waals surface area contributed by atoms with Gasteiger partial charge in [0.1, 0.15) is 22.6 Å². The van der Waals surface area contributed by atoms with Gasteiger partial charge in [-0.25, -0.2) is 4.39 Å². The van der Waals surface area contributed by atoms with Gasteiger partial charge >= 0.3 is 0 Å². The van der Waals surface area contributed by atoms with E-state index in [1.807, 2.05) is 18.2 Å². The number of nitrogens with zero attached hydrogens (tertiary/aromatic N) is 1. The molecule has 0 aliphatic heterocycles. The molecular weight excluding hydrogens is 549 g/mol. The van der Waals surface area contributed by atoms with Gasteiger partial charge in [0.25, 0.3) is 11.5 Å². The van der Waals surface area contributed by atoms with Crippen LogP contribution in [-0.2, 0) is 4.79 Å². The van der Waals surface area contributed by atoms with Crippen molar-refractivity contribution in [1.29, 1.82) is 0 Å². The van der Waals surface area contributed by atoms with Crippen LogP contribution >= 0.6 is 0 Å². The van der Waals surface area contributed by atoms with Crippen molar-refractivity contribution < 1.29 is 23.5 Å². The summed E-state index contributed by atoms with van der Waals surface area (Å²) in [7, 11) is 0. The van der Waals surface area contributed by atoms with E-state index in [9.17, 15) is 23.9 Å². The van der Waals surface area contributed by atoms with Crippen LogP contribution in [0, 0.1) is 17.7 Å². The Morgan fingerprint density at radius 3 is 2.72 bits per heavy atom. The average Bonchev–Trinajstić information content (AvgIpc) is 3.71. The zero-order valence-electron chi connectivity index (χ0n) is 23.9. The summed E-state index contributed by atoms with van der Waals surface area (Å²) >= 11 is 0. The number of aromatic nitrogens is 1. The highest BCUT2D eigenvalue weighted by Crippen LogP contribution is 2.50. The fourth-order valence-electron chi connectivity index (χ4n) is 7.43. The third-order valence-corrected chi connectivity index (χ3v) is 9.62. The predicted molar refractivity (Wildman–Crippen MR) is 164 cm³/mol. The van der Waals surface area contributed by atoms with Crippen molar-refractivity contribution in [2.45, 2.75) is 44.8 Å². The number of hydrogen-bond acceptors (Lipinski definition) is 6. The number of pyridine rings is 1. The molecule has 0 saturated heterocycles. The number of furan rings is 1. The summed E-state index contributed by atoms with van der Waals surface area (Å²) in [5.74, 6) is -0.859. The van der Waals surface area contributed by atoms with Crippen LogP contribution in [0.3, 0.4) is 0 Å². The fourth-order valence-corrected chi connectivity index (χ4v) is 7.43. The number of halogens is 1. The highest BCUT2D eigenvalue weighted by atomic mass is 19.1. The molecule has 0 spiro atoms. The van der Waals surface area contributed by atoms with E-state index in [1.54, 1.807) is 24.3 Å². The first-order chi connectivity index (χ1) is 20.7. The lowest BCUT2D eigenvalue weighted by atomic mass is 9.81. The minimum Gasteiger partial charge on any atom is -0.455 e. The van der Waals surface area contributed by atoms with E-state index in [2.05, 4.69) is 29.0 Å². The molecule has 3 N–H and O–H groups in total. The first kappa shape index (κ1) is 27.3. The molecule has 2 saturated carbocycles. The normalized spacial score (nSPS) is 22.9. The molecule has 1 amide bonds. The number of fused-ring (bicyclic) bond motifs is 7. The third-order valence-electron chi connectivity index (χ3n) is 9.62. The summed E-state index contributed by atoms with van der Waals surface area (Å²) in [4.78, 5) is 43.6. The number of aliphatic hydroxyl groups is 1. The summed E-state index contributed by atoms with van der Waals surface area (Å²) in [5.41, 5.74) is 2.22. The van der Waals surface area contributed by atoms with Crippen molar-refractivity contribution in [1.82, 2.24) is 10.3 Å². The number of hydrogen-bond donors (Lipinski definition) is 3. The van der Waals surface area contributed by atoms with Crippen molar-refractivity contribution in [2.75, 3.05) is 18.0 Å².